The van der Waals surface area contributed by atoms with Gasteiger partial charge in [-0.2, -0.15) is 0 Å². The smallest absolute Gasteiger partial charge is 0.326 e. The first kappa shape index (κ1) is 19.6. The van der Waals surface area contributed by atoms with Crippen molar-refractivity contribution in [1.82, 2.24) is 10.6 Å². The Morgan fingerprint density at radius 1 is 1.19 bits per heavy atom. The van der Waals surface area contributed by atoms with E-state index in [0.717, 1.165) is 6.26 Å². The van der Waals surface area contributed by atoms with Crippen LogP contribution in [0.5, 0.6) is 0 Å². The SMILES string of the molecule is CS(=O)(=O)CCC(NC(=O)NCCCS(N)(=O)=O)C(=O)O. The van der Waals surface area contributed by atoms with E-state index in [1.165, 1.54) is 0 Å². The molecule has 1 unspecified atom stereocenters. The van der Waals surface area contributed by atoms with Gasteiger partial charge in [0.2, 0.25) is 10.0 Å². The molecule has 1 atom stereocenters. The minimum absolute atomic E-state index is 0.0132. The van der Waals surface area contributed by atoms with Gasteiger partial charge in [0.1, 0.15) is 15.9 Å². The van der Waals surface area contributed by atoms with Crippen LogP contribution in [0, 0.1) is 0 Å². The molecule has 0 saturated carbocycles. The predicted octanol–water partition coefficient (Wildman–Crippen LogP) is -2.15. The van der Waals surface area contributed by atoms with E-state index in [-0.39, 0.29) is 30.9 Å². The van der Waals surface area contributed by atoms with E-state index in [4.69, 9.17) is 10.2 Å². The van der Waals surface area contributed by atoms with E-state index >= 15 is 0 Å². The average Bonchev–Trinajstić information content (AvgIpc) is 2.27. The summed E-state index contributed by atoms with van der Waals surface area (Å²) in [4.78, 5) is 22.3. The van der Waals surface area contributed by atoms with Gasteiger partial charge < -0.3 is 15.7 Å². The van der Waals surface area contributed by atoms with Crippen LogP contribution in [0.15, 0.2) is 0 Å². The number of hydrogen-bond donors (Lipinski definition) is 4. The molecule has 5 N–H and O–H groups in total. The monoisotopic (exact) mass is 345 g/mol. The fourth-order valence-electron chi connectivity index (χ4n) is 1.27. The van der Waals surface area contributed by atoms with Crippen molar-refractivity contribution in [2.45, 2.75) is 18.9 Å². The number of amides is 2. The standard InChI is InChI=1S/C9H19N3O7S2/c1-20(16,17)6-3-7(8(13)14)12-9(15)11-4-2-5-21(10,18)19/h7H,2-6H2,1H3,(H,13,14)(H2,10,18,19)(H2,11,12,15). The maximum absolute atomic E-state index is 11.4. The number of primary sulfonamides is 1. The van der Waals surface area contributed by atoms with Crippen molar-refractivity contribution < 1.29 is 31.5 Å². The summed E-state index contributed by atoms with van der Waals surface area (Å²) in [5, 5.41) is 18.0. The second-order valence-electron chi connectivity index (χ2n) is 4.43. The second kappa shape index (κ2) is 8.14. The average molecular weight is 345 g/mol. The zero-order valence-electron chi connectivity index (χ0n) is 11.4. The van der Waals surface area contributed by atoms with Crippen LogP contribution in [0.3, 0.4) is 0 Å². The lowest BCUT2D eigenvalue weighted by molar-refractivity contribution is -0.139. The van der Waals surface area contributed by atoms with Gasteiger partial charge in [-0.1, -0.05) is 0 Å². The Bertz CT molecular complexity index is 570. The van der Waals surface area contributed by atoms with Crippen molar-refractivity contribution in [2.24, 2.45) is 5.14 Å². The molecule has 0 spiro atoms. The maximum Gasteiger partial charge on any atom is 0.326 e. The second-order valence-corrected chi connectivity index (χ2v) is 8.42. The van der Waals surface area contributed by atoms with Gasteiger partial charge in [-0.15, -0.1) is 0 Å². The maximum atomic E-state index is 11.4. The first-order valence-corrected chi connectivity index (χ1v) is 9.63. The largest absolute Gasteiger partial charge is 0.480 e. The normalized spacial score (nSPS) is 13.4. The van der Waals surface area contributed by atoms with Gasteiger partial charge in [-0.25, -0.2) is 31.6 Å². The molecule has 0 aromatic rings. The minimum Gasteiger partial charge on any atom is -0.480 e. The highest BCUT2D eigenvalue weighted by Crippen LogP contribution is 1.97. The summed E-state index contributed by atoms with van der Waals surface area (Å²) in [6.45, 7) is -0.0132. The molecule has 0 aliphatic carbocycles. The summed E-state index contributed by atoms with van der Waals surface area (Å²) in [6.07, 6.45) is 0.769. The lowest BCUT2D eigenvalue weighted by Crippen LogP contribution is -2.47. The molecular weight excluding hydrogens is 326 g/mol. The number of sulfone groups is 1. The van der Waals surface area contributed by atoms with Gasteiger partial charge in [-0.3, -0.25) is 0 Å². The van der Waals surface area contributed by atoms with E-state index in [0.29, 0.717) is 0 Å². The Kier molecular flexibility index (Phi) is 7.60. The summed E-state index contributed by atoms with van der Waals surface area (Å²) < 4.78 is 43.2. The molecule has 0 aromatic carbocycles. The van der Waals surface area contributed by atoms with Gasteiger partial charge in [0.15, 0.2) is 0 Å². The lowest BCUT2D eigenvalue weighted by Gasteiger charge is -2.14. The number of carbonyl (C=O) groups excluding carboxylic acids is 1. The van der Waals surface area contributed by atoms with E-state index < -0.39 is 37.9 Å². The van der Waals surface area contributed by atoms with Crippen LogP contribution in [0.2, 0.25) is 0 Å². The molecule has 0 bridgehead atoms. The molecule has 10 nitrogen and oxygen atoms in total. The van der Waals surface area contributed by atoms with Gasteiger partial charge in [0, 0.05) is 12.8 Å². The van der Waals surface area contributed by atoms with Crippen LogP contribution in [0.4, 0.5) is 4.79 Å². The van der Waals surface area contributed by atoms with Crippen LogP contribution >= 0.6 is 0 Å². The van der Waals surface area contributed by atoms with Crippen molar-refractivity contribution in [2.75, 3.05) is 24.3 Å². The highest BCUT2D eigenvalue weighted by atomic mass is 32.2. The van der Waals surface area contributed by atoms with Crippen molar-refractivity contribution in [3.8, 4) is 0 Å². The molecule has 0 saturated heterocycles. The fraction of sp³-hybridized carbons (Fsp3) is 0.778. The molecule has 124 valence electrons. The lowest BCUT2D eigenvalue weighted by atomic mass is 10.2. The number of carbonyl (C=O) groups is 2. The Morgan fingerprint density at radius 3 is 2.19 bits per heavy atom. The van der Waals surface area contributed by atoms with Crippen molar-refractivity contribution in [3.63, 3.8) is 0 Å². The molecule has 12 heteroatoms. The van der Waals surface area contributed by atoms with Gasteiger partial charge in [-0.05, 0) is 12.8 Å². The van der Waals surface area contributed by atoms with Gasteiger partial charge in [0.05, 0.1) is 11.5 Å². The third-order valence-electron chi connectivity index (χ3n) is 2.27. The summed E-state index contributed by atoms with van der Waals surface area (Å²) >= 11 is 0. The van der Waals surface area contributed by atoms with Crippen LogP contribution in [-0.2, 0) is 24.7 Å². The quantitative estimate of drug-likeness (QED) is 0.345. The summed E-state index contributed by atoms with van der Waals surface area (Å²) in [5.41, 5.74) is 0. The van der Waals surface area contributed by atoms with Crippen LogP contribution < -0.4 is 15.8 Å². The van der Waals surface area contributed by atoms with Crippen LogP contribution in [0.1, 0.15) is 12.8 Å². The summed E-state index contributed by atoms with van der Waals surface area (Å²) in [5.74, 6) is -2.06. The number of carboxylic acid groups (broad SMARTS) is 1. The van der Waals surface area contributed by atoms with E-state index in [9.17, 15) is 26.4 Å². The molecule has 0 rings (SSSR count). The molecule has 0 aliphatic rings. The fourth-order valence-corrected chi connectivity index (χ4v) is 2.48. The first-order valence-electron chi connectivity index (χ1n) is 5.86. The van der Waals surface area contributed by atoms with E-state index in [1.54, 1.807) is 0 Å². The van der Waals surface area contributed by atoms with Gasteiger partial charge in [0.25, 0.3) is 0 Å². The zero-order chi connectivity index (χ0) is 16.7. The minimum atomic E-state index is -3.62. The Balaban J connectivity index is 4.21. The molecule has 0 aliphatic heterocycles. The first-order chi connectivity index (χ1) is 9.41. The van der Waals surface area contributed by atoms with Crippen molar-refractivity contribution in [3.05, 3.63) is 0 Å². The number of nitrogens with two attached hydrogens (primary N) is 1. The van der Waals surface area contributed by atoms with E-state index in [1.807, 2.05) is 0 Å². The number of aliphatic carboxylic acids is 1. The molecule has 0 fully saturated rings. The molecule has 2 amide bonds. The molecule has 0 aromatic heterocycles. The third kappa shape index (κ3) is 12.1. The molecule has 0 radical (unpaired) electrons. The van der Waals surface area contributed by atoms with Gasteiger partial charge >= 0.3 is 12.0 Å². The highest BCUT2D eigenvalue weighted by Gasteiger charge is 2.21. The third-order valence-corrected chi connectivity index (χ3v) is 4.11. The van der Waals surface area contributed by atoms with Crippen LogP contribution in [0.25, 0.3) is 0 Å². The summed E-state index contributed by atoms with van der Waals surface area (Å²) in [6, 6.07) is -2.18. The predicted molar refractivity (Wildman–Crippen MR) is 74.9 cm³/mol. The Hall–Kier alpha value is -1.40. The molecule has 0 heterocycles. The summed E-state index contributed by atoms with van der Waals surface area (Å²) in [7, 11) is -6.96. The van der Waals surface area contributed by atoms with E-state index in [2.05, 4.69) is 10.6 Å². The number of sulfonamides is 1. The number of hydrogen-bond acceptors (Lipinski definition) is 6. The Morgan fingerprint density at radius 2 is 1.76 bits per heavy atom. The molecule has 21 heavy (non-hydrogen) atoms. The zero-order valence-corrected chi connectivity index (χ0v) is 13.0. The Labute approximate surface area is 123 Å². The number of carboxylic acids is 1. The number of nitrogens with one attached hydrogen (secondary N) is 2. The van der Waals surface area contributed by atoms with Crippen LogP contribution in [-0.4, -0.2) is 64.3 Å². The van der Waals surface area contributed by atoms with Crippen molar-refractivity contribution in [1.29, 1.82) is 0 Å². The highest BCUT2D eigenvalue weighted by molar-refractivity contribution is 7.90. The number of urea groups is 1. The topological polar surface area (TPSA) is 173 Å². The molecular formula is C9H19N3O7S2. The number of rotatable bonds is 9. The van der Waals surface area contributed by atoms with Crippen molar-refractivity contribution >= 4 is 31.9 Å².